The molecule has 1 fully saturated rings. The summed E-state index contributed by atoms with van der Waals surface area (Å²) >= 11 is 0. The molecular weight excluding hydrogens is 503 g/mol. The van der Waals surface area contributed by atoms with Crippen LogP contribution in [0.2, 0.25) is 0 Å². The second kappa shape index (κ2) is 12.1. The smallest absolute Gasteiger partial charge is 0.417 e. The molecule has 0 spiro atoms. The number of carboxylic acid groups (broad SMARTS) is 1. The second-order valence-electron chi connectivity index (χ2n) is 8.62. The maximum absolute atomic E-state index is 13.4. The Hall–Kier alpha value is -3.96. The van der Waals surface area contributed by atoms with Crippen LogP contribution >= 0.6 is 0 Å². The van der Waals surface area contributed by atoms with Gasteiger partial charge in [-0.3, -0.25) is 19.5 Å². The van der Waals surface area contributed by atoms with Crippen LogP contribution in [0.1, 0.15) is 21.5 Å². The number of aliphatic carboxylic acids is 1. The highest BCUT2D eigenvalue weighted by atomic mass is 19.4. The van der Waals surface area contributed by atoms with E-state index in [0.29, 0.717) is 43.2 Å². The quantitative estimate of drug-likeness (QED) is 0.434. The van der Waals surface area contributed by atoms with Crippen LogP contribution in [-0.4, -0.2) is 65.8 Å². The van der Waals surface area contributed by atoms with E-state index < -0.39 is 29.7 Å². The Morgan fingerprint density at radius 1 is 1.08 bits per heavy atom. The number of nitrogens with zero attached hydrogens (tertiary/aromatic N) is 2. The molecule has 1 aromatic heterocycles. The predicted molar refractivity (Wildman–Crippen MR) is 132 cm³/mol. The number of morpholine rings is 1. The SMILES string of the molecule is O=C(NCC(C(=O)O)N1CCOCC1)c1ccc(OCc2ccnc(-c3ccccc3C(F)(F)F)c2)cc1. The van der Waals surface area contributed by atoms with E-state index in [0.717, 1.165) is 6.07 Å². The van der Waals surface area contributed by atoms with Gasteiger partial charge < -0.3 is 19.9 Å². The Morgan fingerprint density at radius 2 is 1.79 bits per heavy atom. The maximum atomic E-state index is 13.4. The summed E-state index contributed by atoms with van der Waals surface area (Å²) in [7, 11) is 0. The summed E-state index contributed by atoms with van der Waals surface area (Å²) in [4.78, 5) is 30.0. The molecule has 2 N–H and O–H groups in total. The number of aromatic nitrogens is 1. The first-order valence-electron chi connectivity index (χ1n) is 11.9. The molecule has 0 saturated carbocycles. The van der Waals surface area contributed by atoms with E-state index in [1.54, 1.807) is 41.3 Å². The zero-order chi connectivity index (χ0) is 27.1. The molecule has 8 nitrogen and oxygen atoms in total. The van der Waals surface area contributed by atoms with Gasteiger partial charge in [-0.15, -0.1) is 0 Å². The van der Waals surface area contributed by atoms with Crippen LogP contribution in [0.15, 0.2) is 66.9 Å². The van der Waals surface area contributed by atoms with Gasteiger partial charge in [-0.25, -0.2) is 0 Å². The monoisotopic (exact) mass is 529 g/mol. The zero-order valence-corrected chi connectivity index (χ0v) is 20.3. The number of amides is 1. The minimum absolute atomic E-state index is 0.0176. The Balaban J connectivity index is 1.35. The first kappa shape index (κ1) is 27.1. The van der Waals surface area contributed by atoms with Gasteiger partial charge >= 0.3 is 12.1 Å². The third-order valence-electron chi connectivity index (χ3n) is 6.08. The average molecular weight is 530 g/mol. The third-order valence-corrected chi connectivity index (χ3v) is 6.08. The fourth-order valence-corrected chi connectivity index (χ4v) is 4.09. The molecule has 4 rings (SSSR count). The van der Waals surface area contributed by atoms with Crippen molar-refractivity contribution in [3.05, 3.63) is 83.6 Å². The van der Waals surface area contributed by atoms with Crippen molar-refractivity contribution in [1.82, 2.24) is 15.2 Å². The predicted octanol–water partition coefficient (Wildman–Crippen LogP) is 3.86. The van der Waals surface area contributed by atoms with E-state index in [2.05, 4.69) is 10.3 Å². The van der Waals surface area contributed by atoms with Crippen molar-refractivity contribution < 1.29 is 37.3 Å². The van der Waals surface area contributed by atoms with Crippen LogP contribution in [0.25, 0.3) is 11.3 Å². The Morgan fingerprint density at radius 3 is 2.47 bits per heavy atom. The first-order chi connectivity index (χ1) is 18.2. The summed E-state index contributed by atoms with van der Waals surface area (Å²) in [5.74, 6) is -0.984. The molecule has 2 aromatic carbocycles. The van der Waals surface area contributed by atoms with E-state index in [-0.39, 0.29) is 24.4 Å². The summed E-state index contributed by atoms with van der Waals surface area (Å²) in [6.07, 6.45) is -3.08. The molecule has 2 heterocycles. The van der Waals surface area contributed by atoms with Gasteiger partial charge in [-0.2, -0.15) is 13.2 Å². The molecule has 200 valence electrons. The van der Waals surface area contributed by atoms with Crippen molar-refractivity contribution in [2.75, 3.05) is 32.8 Å². The third kappa shape index (κ3) is 6.87. The van der Waals surface area contributed by atoms with Crippen LogP contribution in [0, 0.1) is 0 Å². The van der Waals surface area contributed by atoms with E-state index in [1.165, 1.54) is 24.4 Å². The number of halogens is 3. The van der Waals surface area contributed by atoms with Gasteiger partial charge in [0.2, 0.25) is 0 Å². The number of hydrogen-bond acceptors (Lipinski definition) is 6. The lowest BCUT2D eigenvalue weighted by Gasteiger charge is -2.31. The fourth-order valence-electron chi connectivity index (χ4n) is 4.09. The number of pyridine rings is 1. The molecule has 1 amide bonds. The molecule has 1 aliphatic rings. The fraction of sp³-hybridized carbons (Fsp3) is 0.296. The minimum atomic E-state index is -4.50. The van der Waals surface area contributed by atoms with Crippen molar-refractivity contribution in [1.29, 1.82) is 0 Å². The summed E-state index contributed by atoms with van der Waals surface area (Å²) in [6.45, 7) is 1.88. The number of alkyl halides is 3. The van der Waals surface area contributed by atoms with Gasteiger partial charge in [0.1, 0.15) is 18.4 Å². The number of hydrogen-bond donors (Lipinski definition) is 2. The number of carboxylic acids is 1. The zero-order valence-electron chi connectivity index (χ0n) is 20.3. The van der Waals surface area contributed by atoms with Crippen LogP contribution in [0.4, 0.5) is 13.2 Å². The van der Waals surface area contributed by atoms with Crippen LogP contribution in [-0.2, 0) is 22.3 Å². The van der Waals surface area contributed by atoms with E-state index in [4.69, 9.17) is 9.47 Å². The van der Waals surface area contributed by atoms with Gasteiger partial charge in [0, 0.05) is 37.0 Å². The van der Waals surface area contributed by atoms with Crippen molar-refractivity contribution >= 4 is 11.9 Å². The number of carbonyl (C=O) groups excluding carboxylic acids is 1. The molecule has 3 aromatic rings. The maximum Gasteiger partial charge on any atom is 0.417 e. The summed E-state index contributed by atoms with van der Waals surface area (Å²) in [6, 6.07) is 13.9. The minimum Gasteiger partial charge on any atom is -0.489 e. The normalized spacial score (nSPS) is 15.0. The van der Waals surface area contributed by atoms with Gasteiger partial charge in [0.05, 0.1) is 24.5 Å². The molecule has 1 atom stereocenters. The van der Waals surface area contributed by atoms with Crippen LogP contribution < -0.4 is 10.1 Å². The van der Waals surface area contributed by atoms with Crippen LogP contribution in [0.3, 0.4) is 0 Å². The van der Waals surface area contributed by atoms with Crippen molar-refractivity contribution in [3.8, 4) is 17.0 Å². The molecule has 0 bridgehead atoms. The first-order valence-corrected chi connectivity index (χ1v) is 11.9. The van der Waals surface area contributed by atoms with Crippen LogP contribution in [0.5, 0.6) is 5.75 Å². The van der Waals surface area contributed by atoms with E-state index in [1.807, 2.05) is 0 Å². The molecule has 38 heavy (non-hydrogen) atoms. The Kier molecular flexibility index (Phi) is 8.59. The largest absolute Gasteiger partial charge is 0.489 e. The molecular formula is C27H26F3N3O5. The Labute approximate surface area is 217 Å². The number of ether oxygens (including phenoxy) is 2. The lowest BCUT2D eigenvalue weighted by Crippen LogP contribution is -2.52. The highest BCUT2D eigenvalue weighted by Gasteiger charge is 2.33. The molecule has 1 aliphatic heterocycles. The highest BCUT2D eigenvalue weighted by molar-refractivity contribution is 5.94. The van der Waals surface area contributed by atoms with Gasteiger partial charge in [-0.1, -0.05) is 18.2 Å². The van der Waals surface area contributed by atoms with Crippen molar-refractivity contribution in [3.63, 3.8) is 0 Å². The molecule has 11 heteroatoms. The lowest BCUT2D eigenvalue weighted by atomic mass is 10.0. The summed E-state index contributed by atoms with van der Waals surface area (Å²) in [5.41, 5.74) is 0.354. The van der Waals surface area contributed by atoms with Gasteiger partial charge in [0.25, 0.3) is 5.91 Å². The average Bonchev–Trinajstić information content (AvgIpc) is 2.92. The molecule has 1 saturated heterocycles. The topological polar surface area (TPSA) is 101 Å². The van der Waals surface area contributed by atoms with Crippen molar-refractivity contribution in [2.24, 2.45) is 0 Å². The highest BCUT2D eigenvalue weighted by Crippen LogP contribution is 2.36. The van der Waals surface area contributed by atoms with Crippen molar-refractivity contribution in [2.45, 2.75) is 18.8 Å². The number of carbonyl (C=O) groups is 2. The lowest BCUT2D eigenvalue weighted by molar-refractivity contribution is -0.144. The molecule has 1 unspecified atom stereocenters. The molecule has 0 aliphatic carbocycles. The second-order valence-corrected chi connectivity index (χ2v) is 8.62. The number of rotatable bonds is 9. The number of nitrogens with one attached hydrogen (secondary N) is 1. The van der Waals surface area contributed by atoms with E-state index >= 15 is 0 Å². The number of benzene rings is 2. The van der Waals surface area contributed by atoms with E-state index in [9.17, 15) is 27.9 Å². The van der Waals surface area contributed by atoms with Gasteiger partial charge in [0.15, 0.2) is 0 Å². The summed E-state index contributed by atoms with van der Waals surface area (Å²) in [5, 5.41) is 12.2. The van der Waals surface area contributed by atoms with Gasteiger partial charge in [-0.05, 0) is 48.0 Å². The summed E-state index contributed by atoms with van der Waals surface area (Å²) < 4.78 is 51.2. The Bertz CT molecular complexity index is 1260. The molecule has 0 radical (unpaired) electrons. The standard InChI is InChI=1S/C27H26F3N3O5/c28-27(29,30)22-4-2-1-3-21(22)23-15-18(9-10-31-23)17-38-20-7-5-19(6-8-20)25(34)32-16-24(26(35)36)33-11-13-37-14-12-33/h1-10,15,24H,11-14,16-17H2,(H,32,34)(H,35,36).